The topological polar surface area (TPSA) is 41.3 Å². The molecule has 0 bridgehead atoms. The van der Waals surface area contributed by atoms with Crippen LogP contribution in [0, 0.1) is 0 Å². The van der Waals surface area contributed by atoms with E-state index in [2.05, 4.69) is 22.1 Å². The van der Waals surface area contributed by atoms with Gasteiger partial charge in [0.2, 0.25) is 0 Å². The molecule has 4 heteroatoms. The van der Waals surface area contributed by atoms with Crippen LogP contribution in [-0.4, -0.2) is 35.6 Å². The van der Waals surface area contributed by atoms with Gasteiger partial charge in [0.25, 0.3) is 6.01 Å². The predicted octanol–water partition coefficient (Wildman–Crippen LogP) is 2.72. The number of nitrogens with one attached hydrogen (secondary N) is 1. The SMILES string of the molecule is CCN1CCCC(Nc2nc3ccccc3o2)C1. The number of fused-ring (bicyclic) bond motifs is 1. The van der Waals surface area contributed by atoms with Gasteiger partial charge in [-0.1, -0.05) is 19.1 Å². The van der Waals surface area contributed by atoms with Gasteiger partial charge >= 0.3 is 0 Å². The maximum absolute atomic E-state index is 5.70. The molecule has 1 aliphatic heterocycles. The molecule has 96 valence electrons. The van der Waals surface area contributed by atoms with Crippen LogP contribution in [0.15, 0.2) is 28.7 Å². The lowest BCUT2D eigenvalue weighted by Crippen LogP contribution is -2.41. The second-order valence-corrected chi connectivity index (χ2v) is 4.86. The molecule has 3 rings (SSSR count). The van der Waals surface area contributed by atoms with Crippen molar-refractivity contribution in [2.45, 2.75) is 25.8 Å². The summed E-state index contributed by atoms with van der Waals surface area (Å²) in [6, 6.07) is 8.98. The molecule has 4 nitrogen and oxygen atoms in total. The monoisotopic (exact) mass is 245 g/mol. The standard InChI is InChI=1S/C14H19N3O/c1-2-17-9-5-6-11(10-17)15-14-16-12-7-3-4-8-13(12)18-14/h3-4,7-8,11H,2,5-6,9-10H2,1H3,(H,15,16). The number of likely N-dealkylation sites (N-methyl/N-ethyl adjacent to an activating group) is 1. The molecule has 2 heterocycles. The minimum absolute atomic E-state index is 0.451. The number of piperidine rings is 1. The third kappa shape index (κ3) is 2.34. The Balaban J connectivity index is 1.71. The van der Waals surface area contributed by atoms with E-state index in [9.17, 15) is 0 Å². The molecule has 1 N–H and O–H groups in total. The van der Waals surface area contributed by atoms with Crippen LogP contribution in [0.2, 0.25) is 0 Å². The van der Waals surface area contributed by atoms with Crippen LogP contribution < -0.4 is 5.32 Å². The van der Waals surface area contributed by atoms with E-state index < -0.39 is 0 Å². The van der Waals surface area contributed by atoms with E-state index in [0.717, 1.165) is 24.2 Å². The Kier molecular flexibility index (Phi) is 3.19. The van der Waals surface area contributed by atoms with Crippen molar-refractivity contribution in [3.63, 3.8) is 0 Å². The molecule has 2 aromatic rings. The van der Waals surface area contributed by atoms with E-state index in [-0.39, 0.29) is 0 Å². The van der Waals surface area contributed by atoms with Crippen LogP contribution >= 0.6 is 0 Å². The lowest BCUT2D eigenvalue weighted by molar-refractivity contribution is 0.225. The first-order valence-corrected chi connectivity index (χ1v) is 6.69. The summed E-state index contributed by atoms with van der Waals surface area (Å²) in [5.74, 6) is 0. The van der Waals surface area contributed by atoms with Gasteiger partial charge in [0.1, 0.15) is 5.52 Å². The molecule has 1 atom stereocenters. The molecule has 1 saturated heterocycles. The number of hydrogen-bond acceptors (Lipinski definition) is 4. The molecule has 1 aliphatic rings. The normalized spacial score (nSPS) is 21.3. The van der Waals surface area contributed by atoms with E-state index >= 15 is 0 Å². The van der Waals surface area contributed by atoms with Crippen LogP contribution in [0.5, 0.6) is 0 Å². The van der Waals surface area contributed by atoms with Gasteiger partial charge in [-0.3, -0.25) is 0 Å². The Bertz CT molecular complexity index is 489. The van der Waals surface area contributed by atoms with Crippen LogP contribution in [0.3, 0.4) is 0 Å². The van der Waals surface area contributed by atoms with Gasteiger partial charge < -0.3 is 14.6 Å². The highest BCUT2D eigenvalue weighted by atomic mass is 16.4. The summed E-state index contributed by atoms with van der Waals surface area (Å²) >= 11 is 0. The first-order chi connectivity index (χ1) is 8.85. The Morgan fingerprint density at radius 2 is 2.33 bits per heavy atom. The molecular weight excluding hydrogens is 226 g/mol. The van der Waals surface area contributed by atoms with Gasteiger partial charge in [-0.15, -0.1) is 0 Å². The van der Waals surface area contributed by atoms with Gasteiger partial charge in [-0.05, 0) is 38.1 Å². The van der Waals surface area contributed by atoms with Crippen molar-refractivity contribution in [3.8, 4) is 0 Å². The van der Waals surface area contributed by atoms with Crippen molar-refractivity contribution in [2.75, 3.05) is 25.0 Å². The lowest BCUT2D eigenvalue weighted by atomic mass is 10.1. The Labute approximate surface area is 107 Å². The summed E-state index contributed by atoms with van der Waals surface area (Å²) in [4.78, 5) is 6.92. The van der Waals surface area contributed by atoms with Crippen LogP contribution in [-0.2, 0) is 0 Å². The summed E-state index contributed by atoms with van der Waals surface area (Å²) in [5.41, 5.74) is 1.77. The van der Waals surface area contributed by atoms with Crippen molar-refractivity contribution in [2.24, 2.45) is 0 Å². The summed E-state index contributed by atoms with van der Waals surface area (Å²) in [6.45, 7) is 5.62. The van der Waals surface area contributed by atoms with E-state index in [1.807, 2.05) is 24.3 Å². The fourth-order valence-corrected chi connectivity index (χ4v) is 2.57. The van der Waals surface area contributed by atoms with Crippen molar-refractivity contribution < 1.29 is 4.42 Å². The molecule has 1 fully saturated rings. The number of likely N-dealkylation sites (tertiary alicyclic amines) is 1. The second kappa shape index (κ2) is 4.98. The molecule has 0 amide bonds. The first kappa shape index (κ1) is 11.5. The molecule has 0 radical (unpaired) electrons. The zero-order valence-electron chi connectivity index (χ0n) is 10.7. The Morgan fingerprint density at radius 3 is 3.17 bits per heavy atom. The number of benzene rings is 1. The summed E-state index contributed by atoms with van der Waals surface area (Å²) in [5, 5.41) is 3.42. The molecule has 1 unspecified atom stereocenters. The van der Waals surface area contributed by atoms with Crippen LogP contribution in [0.25, 0.3) is 11.1 Å². The molecular formula is C14H19N3O. The van der Waals surface area contributed by atoms with Gasteiger partial charge in [-0.2, -0.15) is 4.98 Å². The smallest absolute Gasteiger partial charge is 0.295 e. The number of nitrogens with zero attached hydrogens (tertiary/aromatic N) is 2. The van der Waals surface area contributed by atoms with Crippen molar-refractivity contribution in [1.82, 2.24) is 9.88 Å². The predicted molar refractivity (Wildman–Crippen MR) is 72.8 cm³/mol. The van der Waals surface area contributed by atoms with Crippen molar-refractivity contribution >= 4 is 17.1 Å². The first-order valence-electron chi connectivity index (χ1n) is 6.69. The third-order valence-corrected chi connectivity index (χ3v) is 3.57. The number of para-hydroxylation sites is 2. The van der Waals surface area contributed by atoms with Gasteiger partial charge in [-0.25, -0.2) is 0 Å². The zero-order valence-corrected chi connectivity index (χ0v) is 10.7. The number of hydrogen-bond donors (Lipinski definition) is 1. The number of aromatic nitrogens is 1. The number of anilines is 1. The molecule has 0 spiro atoms. The maximum Gasteiger partial charge on any atom is 0.295 e. The number of rotatable bonds is 3. The van der Waals surface area contributed by atoms with Crippen molar-refractivity contribution in [3.05, 3.63) is 24.3 Å². The lowest BCUT2D eigenvalue weighted by Gasteiger charge is -2.31. The zero-order chi connectivity index (χ0) is 12.4. The van der Waals surface area contributed by atoms with Gasteiger partial charge in [0.05, 0.1) is 0 Å². The Morgan fingerprint density at radius 1 is 1.44 bits per heavy atom. The largest absolute Gasteiger partial charge is 0.424 e. The van der Waals surface area contributed by atoms with Crippen molar-refractivity contribution in [1.29, 1.82) is 0 Å². The average Bonchev–Trinajstić information content (AvgIpc) is 2.81. The minimum Gasteiger partial charge on any atom is -0.424 e. The van der Waals surface area contributed by atoms with Gasteiger partial charge in [0, 0.05) is 12.6 Å². The second-order valence-electron chi connectivity index (χ2n) is 4.86. The molecule has 1 aromatic carbocycles. The van der Waals surface area contributed by atoms with Gasteiger partial charge in [0.15, 0.2) is 5.58 Å². The van der Waals surface area contributed by atoms with E-state index in [1.54, 1.807) is 0 Å². The Hall–Kier alpha value is -1.55. The minimum atomic E-state index is 0.451. The summed E-state index contributed by atoms with van der Waals surface area (Å²) in [7, 11) is 0. The van der Waals surface area contributed by atoms with E-state index in [1.165, 1.54) is 19.4 Å². The molecule has 0 saturated carbocycles. The molecule has 18 heavy (non-hydrogen) atoms. The quantitative estimate of drug-likeness (QED) is 0.902. The molecule has 0 aliphatic carbocycles. The summed E-state index contributed by atoms with van der Waals surface area (Å²) in [6.07, 6.45) is 2.43. The highest BCUT2D eigenvalue weighted by Crippen LogP contribution is 2.20. The summed E-state index contributed by atoms with van der Waals surface area (Å²) < 4.78 is 5.70. The molecule has 1 aromatic heterocycles. The van der Waals surface area contributed by atoms with E-state index in [0.29, 0.717) is 12.1 Å². The maximum atomic E-state index is 5.70. The number of oxazole rings is 1. The van der Waals surface area contributed by atoms with Crippen LogP contribution in [0.4, 0.5) is 6.01 Å². The van der Waals surface area contributed by atoms with E-state index in [4.69, 9.17) is 4.42 Å². The third-order valence-electron chi connectivity index (χ3n) is 3.57. The fourth-order valence-electron chi connectivity index (χ4n) is 2.57. The fraction of sp³-hybridized carbons (Fsp3) is 0.500. The average molecular weight is 245 g/mol. The highest BCUT2D eigenvalue weighted by Gasteiger charge is 2.20. The highest BCUT2D eigenvalue weighted by molar-refractivity contribution is 5.74. The van der Waals surface area contributed by atoms with Crippen LogP contribution in [0.1, 0.15) is 19.8 Å².